The van der Waals surface area contributed by atoms with Crippen LogP contribution in [0, 0.1) is 0 Å². The van der Waals surface area contributed by atoms with Gasteiger partial charge in [-0.05, 0) is 18.9 Å². The van der Waals surface area contributed by atoms with E-state index < -0.39 is 35.8 Å². The Bertz CT molecular complexity index is 656. The number of halogens is 4. The van der Waals surface area contributed by atoms with Crippen LogP contribution in [0.1, 0.15) is 18.4 Å². The predicted octanol–water partition coefficient (Wildman–Crippen LogP) is 1.88. The summed E-state index contributed by atoms with van der Waals surface area (Å²) in [6, 6.07) is 0.695. The van der Waals surface area contributed by atoms with Gasteiger partial charge in [0.25, 0.3) is 0 Å². The van der Waals surface area contributed by atoms with Crippen LogP contribution in [0.2, 0.25) is 5.02 Å². The smallest absolute Gasteiger partial charge is 0.417 e. The Morgan fingerprint density at radius 3 is 2.64 bits per heavy atom. The molecule has 1 amide bonds. The highest BCUT2D eigenvalue weighted by atomic mass is 35.5. The fourth-order valence-electron chi connectivity index (χ4n) is 2.13. The molecule has 1 aromatic heterocycles. The van der Waals surface area contributed by atoms with Crippen molar-refractivity contribution in [1.82, 2.24) is 10.3 Å². The Morgan fingerprint density at radius 1 is 1.40 bits per heavy atom. The fourth-order valence-corrected chi connectivity index (χ4v) is 2.35. The molecule has 0 spiro atoms. The molecule has 1 aliphatic heterocycles. The van der Waals surface area contributed by atoms with Crippen LogP contribution >= 0.6 is 11.6 Å². The number of hydrogen-bond acceptors (Lipinski definition) is 5. The Morgan fingerprint density at radius 2 is 2.08 bits per heavy atom. The number of ether oxygens (including phenoxy) is 2. The first kappa shape index (κ1) is 19.3. The van der Waals surface area contributed by atoms with Crippen molar-refractivity contribution in [2.45, 2.75) is 31.2 Å². The van der Waals surface area contributed by atoms with E-state index in [0.717, 1.165) is 0 Å². The number of pyridine rings is 1. The Kier molecular flexibility index (Phi) is 6.07. The van der Waals surface area contributed by atoms with Crippen molar-refractivity contribution in [3.05, 3.63) is 22.8 Å². The first-order valence-corrected chi connectivity index (χ1v) is 7.58. The SMILES string of the molecule is O=C(NCCOc1ncc(C(F)(F)F)cc1Cl)[C@@H]1CC[C@H](C(=O)O)O1. The van der Waals surface area contributed by atoms with Crippen LogP contribution < -0.4 is 10.1 Å². The van der Waals surface area contributed by atoms with E-state index in [1.807, 2.05) is 0 Å². The molecule has 2 atom stereocenters. The molecule has 0 radical (unpaired) electrons. The zero-order chi connectivity index (χ0) is 18.6. The first-order valence-electron chi connectivity index (χ1n) is 7.20. The summed E-state index contributed by atoms with van der Waals surface area (Å²) in [6.07, 6.45) is -5.28. The van der Waals surface area contributed by atoms with Crippen molar-refractivity contribution in [3.8, 4) is 5.88 Å². The summed E-state index contributed by atoms with van der Waals surface area (Å²) < 4.78 is 47.6. The van der Waals surface area contributed by atoms with Gasteiger partial charge in [-0.3, -0.25) is 4.79 Å². The summed E-state index contributed by atoms with van der Waals surface area (Å²) in [5, 5.41) is 11.0. The third kappa shape index (κ3) is 5.20. The molecule has 1 fully saturated rings. The zero-order valence-electron chi connectivity index (χ0n) is 12.7. The molecule has 0 saturated carbocycles. The minimum atomic E-state index is -4.56. The van der Waals surface area contributed by atoms with Crippen molar-refractivity contribution in [2.24, 2.45) is 0 Å². The number of aromatic nitrogens is 1. The number of aliphatic carboxylic acids is 1. The summed E-state index contributed by atoms with van der Waals surface area (Å²) in [5.74, 6) is -1.80. The van der Waals surface area contributed by atoms with E-state index in [9.17, 15) is 22.8 Å². The summed E-state index contributed by atoms with van der Waals surface area (Å²) >= 11 is 5.68. The first-order chi connectivity index (χ1) is 11.7. The maximum absolute atomic E-state index is 12.5. The minimum Gasteiger partial charge on any atom is -0.479 e. The number of nitrogens with zero attached hydrogens (tertiary/aromatic N) is 1. The predicted molar refractivity (Wildman–Crippen MR) is 78.3 cm³/mol. The molecule has 2 heterocycles. The van der Waals surface area contributed by atoms with Gasteiger partial charge in [0.15, 0.2) is 6.10 Å². The largest absolute Gasteiger partial charge is 0.479 e. The van der Waals surface area contributed by atoms with Gasteiger partial charge >= 0.3 is 12.1 Å². The van der Waals surface area contributed by atoms with Gasteiger partial charge in [-0.1, -0.05) is 11.6 Å². The maximum atomic E-state index is 12.5. The van der Waals surface area contributed by atoms with Gasteiger partial charge in [-0.25, -0.2) is 9.78 Å². The molecule has 1 aliphatic rings. The Hall–Kier alpha value is -2.07. The number of nitrogens with one attached hydrogen (secondary N) is 1. The van der Waals surface area contributed by atoms with Crippen molar-refractivity contribution in [1.29, 1.82) is 0 Å². The van der Waals surface area contributed by atoms with Crippen LogP contribution in [0.5, 0.6) is 5.88 Å². The van der Waals surface area contributed by atoms with Gasteiger partial charge in [-0.15, -0.1) is 0 Å². The lowest BCUT2D eigenvalue weighted by atomic mass is 10.2. The second-order valence-electron chi connectivity index (χ2n) is 5.18. The standard InChI is InChI=1S/C14H14ClF3N2O5/c15-8-5-7(14(16,17)18)6-20-12(8)24-4-3-19-11(21)9-1-2-10(25-9)13(22)23/h5-6,9-10H,1-4H2,(H,19,21)(H,22,23)/t9-,10+/m0/s1. The second-order valence-corrected chi connectivity index (χ2v) is 5.58. The van der Waals surface area contributed by atoms with Crippen LogP contribution in [-0.4, -0.2) is 47.3 Å². The molecule has 2 rings (SSSR count). The number of carboxylic acid groups (broad SMARTS) is 1. The average molecular weight is 383 g/mol. The number of alkyl halides is 3. The van der Waals surface area contributed by atoms with Crippen molar-refractivity contribution in [3.63, 3.8) is 0 Å². The van der Waals surface area contributed by atoms with Crippen LogP contribution in [0.15, 0.2) is 12.3 Å². The van der Waals surface area contributed by atoms with E-state index in [1.165, 1.54) is 0 Å². The van der Waals surface area contributed by atoms with Gasteiger partial charge in [0.05, 0.1) is 12.1 Å². The third-order valence-corrected chi connectivity index (χ3v) is 3.63. The van der Waals surface area contributed by atoms with Crippen molar-refractivity contribution >= 4 is 23.5 Å². The fraction of sp³-hybridized carbons (Fsp3) is 0.500. The minimum absolute atomic E-state index is 0.0233. The molecule has 0 unspecified atom stereocenters. The lowest BCUT2D eigenvalue weighted by Gasteiger charge is -2.13. The summed E-state index contributed by atoms with van der Waals surface area (Å²) in [7, 11) is 0. The molecular weight excluding hydrogens is 369 g/mol. The molecule has 1 saturated heterocycles. The van der Waals surface area contributed by atoms with E-state index in [1.54, 1.807) is 0 Å². The topological polar surface area (TPSA) is 97.8 Å². The Labute approximate surface area is 145 Å². The molecule has 0 aliphatic carbocycles. The highest BCUT2D eigenvalue weighted by Crippen LogP contribution is 2.33. The number of carboxylic acids is 1. The number of carbonyl (C=O) groups excluding carboxylic acids is 1. The van der Waals surface area contributed by atoms with E-state index in [-0.39, 0.29) is 36.9 Å². The second kappa shape index (κ2) is 7.87. The molecule has 0 bridgehead atoms. The van der Waals surface area contributed by atoms with E-state index >= 15 is 0 Å². The van der Waals surface area contributed by atoms with E-state index in [0.29, 0.717) is 12.3 Å². The van der Waals surface area contributed by atoms with Gasteiger partial charge < -0.3 is 19.9 Å². The summed E-state index contributed by atoms with van der Waals surface area (Å²) in [4.78, 5) is 26.0. The number of amides is 1. The highest BCUT2D eigenvalue weighted by Gasteiger charge is 2.34. The van der Waals surface area contributed by atoms with E-state index in [2.05, 4.69) is 10.3 Å². The van der Waals surface area contributed by atoms with Crippen molar-refractivity contribution in [2.75, 3.05) is 13.2 Å². The molecule has 7 nitrogen and oxygen atoms in total. The number of rotatable bonds is 6. The average Bonchev–Trinajstić information content (AvgIpc) is 3.01. The van der Waals surface area contributed by atoms with E-state index in [4.69, 9.17) is 26.2 Å². The lowest BCUT2D eigenvalue weighted by Crippen LogP contribution is -2.37. The third-order valence-electron chi connectivity index (χ3n) is 3.36. The van der Waals surface area contributed by atoms with Gasteiger partial charge in [0.2, 0.25) is 11.8 Å². The van der Waals surface area contributed by atoms with Gasteiger partial charge in [0, 0.05) is 6.20 Å². The molecule has 138 valence electrons. The summed E-state index contributed by atoms with van der Waals surface area (Å²) in [6.45, 7) is -0.0611. The lowest BCUT2D eigenvalue weighted by molar-refractivity contribution is -0.151. The summed E-state index contributed by atoms with van der Waals surface area (Å²) in [5.41, 5.74) is -0.996. The molecule has 25 heavy (non-hydrogen) atoms. The monoisotopic (exact) mass is 382 g/mol. The normalized spacial score (nSPS) is 20.3. The van der Waals surface area contributed by atoms with Crippen LogP contribution in [0.4, 0.5) is 13.2 Å². The quantitative estimate of drug-likeness (QED) is 0.729. The Balaban J connectivity index is 1.76. The van der Waals surface area contributed by atoms with Crippen LogP contribution in [-0.2, 0) is 20.5 Å². The molecule has 1 aromatic rings. The van der Waals surface area contributed by atoms with Gasteiger partial charge in [-0.2, -0.15) is 13.2 Å². The molecular formula is C14H14ClF3N2O5. The number of carbonyl (C=O) groups is 2. The van der Waals surface area contributed by atoms with Gasteiger partial charge in [0.1, 0.15) is 17.7 Å². The molecule has 11 heteroatoms. The van der Waals surface area contributed by atoms with Crippen LogP contribution in [0.25, 0.3) is 0 Å². The zero-order valence-corrected chi connectivity index (χ0v) is 13.4. The highest BCUT2D eigenvalue weighted by molar-refractivity contribution is 6.31. The van der Waals surface area contributed by atoms with Crippen molar-refractivity contribution < 1.29 is 37.3 Å². The maximum Gasteiger partial charge on any atom is 0.417 e. The molecule has 0 aromatic carbocycles. The molecule has 2 N–H and O–H groups in total. The van der Waals surface area contributed by atoms with Crippen LogP contribution in [0.3, 0.4) is 0 Å². The number of hydrogen-bond donors (Lipinski definition) is 2.